The van der Waals surface area contributed by atoms with Crippen molar-refractivity contribution in [3.63, 3.8) is 0 Å². The molecule has 21 heavy (non-hydrogen) atoms. The van der Waals surface area contributed by atoms with Gasteiger partial charge in [-0.2, -0.15) is 0 Å². The molecule has 1 aromatic carbocycles. The number of aryl methyl sites for hydroxylation is 1. The van der Waals surface area contributed by atoms with Crippen molar-refractivity contribution in [2.24, 2.45) is 0 Å². The summed E-state index contributed by atoms with van der Waals surface area (Å²) in [5.41, 5.74) is 7.50. The van der Waals surface area contributed by atoms with E-state index in [4.69, 9.17) is 5.73 Å². The lowest BCUT2D eigenvalue weighted by atomic mass is 10.00. The molecule has 1 unspecified atom stereocenters. The van der Waals surface area contributed by atoms with Gasteiger partial charge in [-0.05, 0) is 43.4 Å². The standard InChI is InChI=1S/C16H23N3O2/c1-18-16(21)14-7-2-3-10-19(14)15(20)9-8-12-5-4-6-13(17)11-12/h4-6,11,14H,2-3,7-10,17H2,1H3,(H,18,21). The second-order valence-corrected chi connectivity index (χ2v) is 5.46. The molecule has 0 aliphatic carbocycles. The molecular formula is C16H23N3O2. The summed E-state index contributed by atoms with van der Waals surface area (Å²) in [6, 6.07) is 7.27. The predicted molar refractivity (Wildman–Crippen MR) is 82.6 cm³/mol. The average molecular weight is 289 g/mol. The second kappa shape index (κ2) is 7.11. The minimum atomic E-state index is -0.308. The molecule has 0 radical (unpaired) electrons. The number of benzene rings is 1. The van der Waals surface area contributed by atoms with Crippen LogP contribution in [-0.4, -0.2) is 36.3 Å². The normalized spacial score (nSPS) is 18.3. The van der Waals surface area contributed by atoms with Crippen LogP contribution in [0.4, 0.5) is 5.69 Å². The number of likely N-dealkylation sites (tertiary alicyclic amines) is 1. The van der Waals surface area contributed by atoms with Crippen LogP contribution in [0, 0.1) is 0 Å². The SMILES string of the molecule is CNC(=O)C1CCCCN1C(=O)CCc1cccc(N)c1. The molecule has 0 bridgehead atoms. The highest BCUT2D eigenvalue weighted by Gasteiger charge is 2.30. The molecule has 114 valence electrons. The second-order valence-electron chi connectivity index (χ2n) is 5.46. The van der Waals surface area contributed by atoms with Crippen LogP contribution in [0.2, 0.25) is 0 Å². The lowest BCUT2D eigenvalue weighted by Crippen LogP contribution is -2.51. The molecular weight excluding hydrogens is 266 g/mol. The molecule has 0 saturated carbocycles. The molecule has 1 aliphatic rings. The zero-order chi connectivity index (χ0) is 15.2. The van der Waals surface area contributed by atoms with E-state index < -0.39 is 0 Å². The molecule has 5 nitrogen and oxygen atoms in total. The number of anilines is 1. The van der Waals surface area contributed by atoms with E-state index in [0.29, 0.717) is 25.1 Å². The number of nitrogens with two attached hydrogens (primary N) is 1. The van der Waals surface area contributed by atoms with E-state index in [1.54, 1.807) is 11.9 Å². The summed E-state index contributed by atoms with van der Waals surface area (Å²) >= 11 is 0. The van der Waals surface area contributed by atoms with Gasteiger partial charge in [-0.25, -0.2) is 0 Å². The third kappa shape index (κ3) is 3.97. The van der Waals surface area contributed by atoms with E-state index in [1.807, 2.05) is 24.3 Å². The number of rotatable bonds is 4. The number of carbonyl (C=O) groups is 2. The number of nitrogens with one attached hydrogen (secondary N) is 1. The van der Waals surface area contributed by atoms with E-state index >= 15 is 0 Å². The fourth-order valence-electron chi connectivity index (χ4n) is 2.81. The van der Waals surface area contributed by atoms with Crippen molar-refractivity contribution in [3.05, 3.63) is 29.8 Å². The lowest BCUT2D eigenvalue weighted by Gasteiger charge is -2.34. The lowest BCUT2D eigenvalue weighted by molar-refractivity contribution is -0.142. The Morgan fingerprint density at radius 2 is 2.19 bits per heavy atom. The van der Waals surface area contributed by atoms with Crippen molar-refractivity contribution in [1.29, 1.82) is 0 Å². The van der Waals surface area contributed by atoms with Gasteiger partial charge < -0.3 is 16.0 Å². The molecule has 0 aromatic heterocycles. The highest BCUT2D eigenvalue weighted by molar-refractivity contribution is 5.87. The molecule has 2 rings (SSSR count). The van der Waals surface area contributed by atoms with Gasteiger partial charge >= 0.3 is 0 Å². The van der Waals surface area contributed by atoms with Gasteiger partial charge in [0.05, 0.1) is 0 Å². The van der Waals surface area contributed by atoms with Gasteiger partial charge in [-0.1, -0.05) is 12.1 Å². The Morgan fingerprint density at radius 1 is 1.38 bits per heavy atom. The maximum Gasteiger partial charge on any atom is 0.242 e. The van der Waals surface area contributed by atoms with Crippen molar-refractivity contribution >= 4 is 17.5 Å². The number of piperidine rings is 1. The van der Waals surface area contributed by atoms with Crippen molar-refractivity contribution < 1.29 is 9.59 Å². The number of amides is 2. The largest absolute Gasteiger partial charge is 0.399 e. The molecule has 1 heterocycles. The monoisotopic (exact) mass is 289 g/mol. The third-order valence-corrected chi connectivity index (χ3v) is 3.95. The summed E-state index contributed by atoms with van der Waals surface area (Å²) < 4.78 is 0. The molecule has 2 amide bonds. The van der Waals surface area contributed by atoms with E-state index in [9.17, 15) is 9.59 Å². The average Bonchev–Trinajstić information content (AvgIpc) is 2.52. The summed E-state index contributed by atoms with van der Waals surface area (Å²) in [6.07, 6.45) is 3.79. The Hall–Kier alpha value is -2.04. The number of likely N-dealkylation sites (N-methyl/N-ethyl adjacent to an activating group) is 1. The van der Waals surface area contributed by atoms with Crippen LogP contribution >= 0.6 is 0 Å². The van der Waals surface area contributed by atoms with Gasteiger partial charge in [-0.15, -0.1) is 0 Å². The van der Waals surface area contributed by atoms with Crippen molar-refractivity contribution in [2.75, 3.05) is 19.3 Å². The van der Waals surface area contributed by atoms with Crippen LogP contribution < -0.4 is 11.1 Å². The first-order valence-corrected chi connectivity index (χ1v) is 7.47. The van der Waals surface area contributed by atoms with E-state index in [-0.39, 0.29) is 17.9 Å². The Morgan fingerprint density at radius 3 is 2.90 bits per heavy atom. The van der Waals surface area contributed by atoms with Gasteiger partial charge in [0.1, 0.15) is 6.04 Å². The fraction of sp³-hybridized carbons (Fsp3) is 0.500. The molecule has 1 saturated heterocycles. The molecule has 5 heteroatoms. The van der Waals surface area contributed by atoms with Crippen LogP contribution in [0.5, 0.6) is 0 Å². The van der Waals surface area contributed by atoms with Crippen LogP contribution in [-0.2, 0) is 16.0 Å². The third-order valence-electron chi connectivity index (χ3n) is 3.95. The molecule has 1 aromatic rings. The highest BCUT2D eigenvalue weighted by Crippen LogP contribution is 2.19. The fourth-order valence-corrected chi connectivity index (χ4v) is 2.81. The highest BCUT2D eigenvalue weighted by atomic mass is 16.2. The molecule has 1 aliphatic heterocycles. The first kappa shape index (κ1) is 15.4. The van der Waals surface area contributed by atoms with E-state index in [2.05, 4.69) is 5.32 Å². The molecule has 3 N–H and O–H groups in total. The quantitative estimate of drug-likeness (QED) is 0.821. The van der Waals surface area contributed by atoms with Gasteiger partial charge in [0.25, 0.3) is 0 Å². The van der Waals surface area contributed by atoms with Gasteiger partial charge in [0.2, 0.25) is 11.8 Å². The van der Waals surface area contributed by atoms with Crippen LogP contribution in [0.15, 0.2) is 24.3 Å². The smallest absolute Gasteiger partial charge is 0.242 e. The maximum atomic E-state index is 12.4. The first-order chi connectivity index (χ1) is 10.1. The first-order valence-electron chi connectivity index (χ1n) is 7.47. The summed E-state index contributed by atoms with van der Waals surface area (Å²) in [4.78, 5) is 26.0. The molecule has 1 fully saturated rings. The maximum absolute atomic E-state index is 12.4. The number of carbonyl (C=O) groups excluding carboxylic acids is 2. The zero-order valence-corrected chi connectivity index (χ0v) is 12.5. The Balaban J connectivity index is 1.96. The van der Waals surface area contributed by atoms with Crippen molar-refractivity contribution in [2.45, 2.75) is 38.1 Å². The Bertz CT molecular complexity index is 516. The number of nitrogen functional groups attached to an aromatic ring is 1. The van der Waals surface area contributed by atoms with Crippen molar-refractivity contribution in [3.8, 4) is 0 Å². The van der Waals surface area contributed by atoms with E-state index in [0.717, 1.165) is 24.8 Å². The van der Waals surface area contributed by atoms with Gasteiger partial charge in [0.15, 0.2) is 0 Å². The Labute approximate surface area is 125 Å². The number of hydrogen-bond donors (Lipinski definition) is 2. The van der Waals surface area contributed by atoms with Crippen LogP contribution in [0.25, 0.3) is 0 Å². The van der Waals surface area contributed by atoms with E-state index in [1.165, 1.54) is 0 Å². The number of nitrogens with zero attached hydrogens (tertiary/aromatic N) is 1. The summed E-state index contributed by atoms with van der Waals surface area (Å²) in [6.45, 7) is 0.674. The minimum Gasteiger partial charge on any atom is -0.399 e. The van der Waals surface area contributed by atoms with Gasteiger partial charge in [0, 0.05) is 25.7 Å². The molecule has 1 atom stereocenters. The molecule has 0 spiro atoms. The summed E-state index contributed by atoms with van der Waals surface area (Å²) in [5.74, 6) is -0.0160. The predicted octanol–water partition coefficient (Wildman–Crippen LogP) is 1.33. The minimum absolute atomic E-state index is 0.0470. The van der Waals surface area contributed by atoms with Crippen LogP contribution in [0.3, 0.4) is 0 Å². The van der Waals surface area contributed by atoms with Crippen LogP contribution in [0.1, 0.15) is 31.2 Å². The topological polar surface area (TPSA) is 75.4 Å². The van der Waals surface area contributed by atoms with Gasteiger partial charge in [-0.3, -0.25) is 9.59 Å². The number of hydrogen-bond acceptors (Lipinski definition) is 3. The Kier molecular flexibility index (Phi) is 5.20. The summed E-state index contributed by atoms with van der Waals surface area (Å²) in [5, 5.41) is 2.65. The van der Waals surface area contributed by atoms with Crippen molar-refractivity contribution in [1.82, 2.24) is 10.2 Å². The summed E-state index contributed by atoms with van der Waals surface area (Å²) in [7, 11) is 1.62. The zero-order valence-electron chi connectivity index (χ0n) is 12.5.